The van der Waals surface area contributed by atoms with Crippen LogP contribution in [-0.2, 0) is 11.2 Å². The Kier molecular flexibility index (Phi) is 8.87. The average Bonchev–Trinajstić information content (AvgIpc) is 2.92. The van der Waals surface area contributed by atoms with Crippen LogP contribution in [0, 0.1) is 6.57 Å². The lowest BCUT2D eigenvalue weighted by Gasteiger charge is -2.10. The van der Waals surface area contributed by atoms with Crippen LogP contribution in [0.4, 0.5) is 5.69 Å². The van der Waals surface area contributed by atoms with Crippen molar-refractivity contribution in [3.05, 3.63) is 102 Å². The summed E-state index contributed by atoms with van der Waals surface area (Å²) in [5.74, 6) is 0.389. The molecule has 0 radical (unpaired) electrons. The average molecular weight is 510 g/mol. The fraction of sp³-hybridized carbons (Fsp3) is 0.200. The third kappa shape index (κ3) is 7.31. The largest absolute Gasteiger partial charge is 0.494 e. The number of carboxylic acids is 1. The molecule has 3 aromatic carbocycles. The molecule has 38 heavy (non-hydrogen) atoms. The predicted octanol–water partition coefficient (Wildman–Crippen LogP) is 6.37. The van der Waals surface area contributed by atoms with Crippen molar-refractivity contribution in [1.82, 2.24) is 4.98 Å². The van der Waals surface area contributed by atoms with Crippen LogP contribution in [0.25, 0.3) is 15.6 Å². The molecule has 0 unspecified atom stereocenters. The van der Waals surface area contributed by atoms with Gasteiger partial charge in [-0.25, -0.2) is 16.4 Å². The van der Waals surface area contributed by atoms with E-state index in [-0.39, 0.29) is 23.6 Å². The lowest BCUT2D eigenvalue weighted by molar-refractivity contribution is -0.115. The summed E-state index contributed by atoms with van der Waals surface area (Å²) >= 11 is 0. The third-order valence-electron chi connectivity index (χ3n) is 5.78. The number of carbonyl (C=O) groups excluding carboxylic acids is 1. The molecular weight excluding hydrogens is 482 g/mol. The van der Waals surface area contributed by atoms with Crippen LogP contribution >= 0.6 is 0 Å². The lowest BCUT2D eigenvalue weighted by Crippen LogP contribution is -2.16. The molecule has 1 amide bonds. The molecule has 0 fully saturated rings. The molecule has 0 saturated carbocycles. The van der Waals surface area contributed by atoms with E-state index in [4.69, 9.17) is 16.0 Å². The highest BCUT2D eigenvalue weighted by Gasteiger charge is 2.12. The number of benzene rings is 3. The van der Waals surface area contributed by atoms with Crippen LogP contribution in [0.1, 0.15) is 35.2 Å². The van der Waals surface area contributed by atoms with E-state index in [1.165, 1.54) is 6.07 Å². The molecule has 1 aromatic heterocycles. The van der Waals surface area contributed by atoms with Crippen LogP contribution in [0.2, 0.25) is 0 Å². The number of carbonyl (C=O) groups is 2. The molecule has 4 rings (SSSR count). The van der Waals surface area contributed by atoms with Gasteiger partial charge < -0.3 is 24.7 Å². The number of hydrogen-bond donors (Lipinski definition) is 2. The van der Waals surface area contributed by atoms with Crippen LogP contribution < -0.4 is 14.8 Å². The van der Waals surface area contributed by atoms with Crippen molar-refractivity contribution in [2.75, 3.05) is 18.5 Å². The zero-order valence-electron chi connectivity index (χ0n) is 20.7. The maximum atomic E-state index is 12.4. The smallest absolute Gasteiger partial charge is 0.337 e. The Morgan fingerprint density at radius 1 is 0.921 bits per heavy atom. The van der Waals surface area contributed by atoms with Crippen LogP contribution in [0.5, 0.6) is 17.4 Å². The SMILES string of the molecule is [C-]#[N+]CCCCCOc1ccc2cc(Oc3ccc(CC(=O)Nc4ccccc4C(=O)O)cn3)ccc2c1. The first kappa shape index (κ1) is 26.2. The summed E-state index contributed by atoms with van der Waals surface area (Å²) < 4.78 is 11.7. The van der Waals surface area contributed by atoms with Gasteiger partial charge in [0.1, 0.15) is 11.5 Å². The molecule has 2 N–H and O–H groups in total. The van der Waals surface area contributed by atoms with E-state index in [9.17, 15) is 14.7 Å². The topological polar surface area (TPSA) is 102 Å². The molecule has 0 atom stereocenters. The van der Waals surface area contributed by atoms with E-state index in [0.29, 0.717) is 30.3 Å². The number of hydrogen-bond acceptors (Lipinski definition) is 5. The minimum atomic E-state index is -1.10. The first-order valence-electron chi connectivity index (χ1n) is 12.3. The number of amides is 1. The van der Waals surface area contributed by atoms with Crippen LogP contribution in [0.3, 0.4) is 0 Å². The zero-order valence-corrected chi connectivity index (χ0v) is 20.7. The second-order valence-electron chi connectivity index (χ2n) is 8.64. The summed E-state index contributed by atoms with van der Waals surface area (Å²) in [4.78, 5) is 31.4. The van der Waals surface area contributed by atoms with Gasteiger partial charge in [0, 0.05) is 18.7 Å². The van der Waals surface area contributed by atoms with Crippen LogP contribution in [-0.4, -0.2) is 35.1 Å². The molecule has 192 valence electrons. The quantitative estimate of drug-likeness (QED) is 0.170. The Labute approximate surface area is 220 Å². The molecule has 0 saturated heterocycles. The van der Waals surface area contributed by atoms with Crippen LogP contribution in [0.15, 0.2) is 79.0 Å². The normalized spacial score (nSPS) is 10.5. The van der Waals surface area contributed by atoms with Gasteiger partial charge in [0.25, 0.3) is 0 Å². The fourth-order valence-corrected chi connectivity index (χ4v) is 3.87. The maximum absolute atomic E-state index is 12.4. The molecular formula is C30H27N3O5. The molecule has 0 aliphatic heterocycles. The number of anilines is 1. The Morgan fingerprint density at radius 2 is 1.68 bits per heavy atom. The summed E-state index contributed by atoms with van der Waals surface area (Å²) in [6.45, 7) is 8.00. The summed E-state index contributed by atoms with van der Waals surface area (Å²) in [6.07, 6.45) is 4.42. The Hall–Kier alpha value is -4.90. The summed E-state index contributed by atoms with van der Waals surface area (Å²) in [6, 6.07) is 21.3. The van der Waals surface area contributed by atoms with Crippen molar-refractivity contribution in [3.8, 4) is 17.4 Å². The number of carboxylic acid groups (broad SMARTS) is 1. The molecule has 8 heteroatoms. The second kappa shape index (κ2) is 12.9. The number of aromatic carboxylic acids is 1. The van der Waals surface area contributed by atoms with E-state index >= 15 is 0 Å². The zero-order chi connectivity index (χ0) is 26.7. The molecule has 0 aliphatic rings. The van der Waals surface area contributed by atoms with Crippen molar-refractivity contribution in [1.29, 1.82) is 0 Å². The highest BCUT2D eigenvalue weighted by Crippen LogP contribution is 2.27. The monoisotopic (exact) mass is 509 g/mol. The Bertz CT molecular complexity index is 1460. The Morgan fingerprint density at radius 3 is 2.42 bits per heavy atom. The van der Waals surface area contributed by atoms with Gasteiger partial charge in [-0.3, -0.25) is 4.79 Å². The van der Waals surface area contributed by atoms with Gasteiger partial charge in [0.15, 0.2) is 0 Å². The first-order chi connectivity index (χ1) is 18.5. The van der Waals surface area contributed by atoms with E-state index in [1.54, 1.807) is 36.5 Å². The lowest BCUT2D eigenvalue weighted by atomic mass is 10.1. The maximum Gasteiger partial charge on any atom is 0.337 e. The van der Waals surface area contributed by atoms with Gasteiger partial charge in [0.05, 0.1) is 24.3 Å². The highest BCUT2D eigenvalue weighted by molar-refractivity contribution is 6.01. The molecule has 4 aromatic rings. The van der Waals surface area contributed by atoms with Gasteiger partial charge in [-0.05, 0) is 65.6 Å². The predicted molar refractivity (Wildman–Crippen MR) is 145 cm³/mol. The number of fused-ring (bicyclic) bond motifs is 1. The van der Waals surface area contributed by atoms with Crippen molar-refractivity contribution < 1.29 is 24.2 Å². The minimum Gasteiger partial charge on any atom is -0.494 e. The van der Waals surface area contributed by atoms with E-state index in [0.717, 1.165) is 35.8 Å². The summed E-state index contributed by atoms with van der Waals surface area (Å²) in [5, 5.41) is 13.9. The fourth-order valence-electron chi connectivity index (χ4n) is 3.87. The highest BCUT2D eigenvalue weighted by atomic mass is 16.5. The summed E-state index contributed by atoms with van der Waals surface area (Å²) in [5.41, 5.74) is 0.951. The van der Waals surface area contributed by atoms with Crippen molar-refractivity contribution >= 4 is 28.3 Å². The van der Waals surface area contributed by atoms with Gasteiger partial charge in [-0.2, -0.15) is 0 Å². The number of unbranched alkanes of at least 4 members (excludes halogenated alkanes) is 2. The van der Waals surface area contributed by atoms with Gasteiger partial charge in [0.2, 0.25) is 18.3 Å². The standard InChI is InChI=1S/C30H27N3O5/c1-31-15-5-2-6-16-37-24-12-10-23-19-25(13-11-22(23)18-24)38-29-14-9-21(20-32-29)17-28(34)33-27-8-4-3-7-26(27)30(35)36/h3-4,7-14,18-20H,2,5-6,15-17H2,(H,33,34)(H,35,36). The van der Waals surface area contributed by atoms with Crippen molar-refractivity contribution in [3.63, 3.8) is 0 Å². The third-order valence-corrected chi connectivity index (χ3v) is 5.78. The number of para-hydroxylation sites is 1. The molecule has 0 aliphatic carbocycles. The van der Waals surface area contributed by atoms with Gasteiger partial charge >= 0.3 is 5.97 Å². The number of nitrogens with zero attached hydrogens (tertiary/aromatic N) is 2. The Balaban J connectivity index is 1.31. The van der Waals surface area contributed by atoms with E-state index < -0.39 is 5.97 Å². The molecule has 1 heterocycles. The minimum absolute atomic E-state index is 0.0333. The number of nitrogens with one attached hydrogen (secondary N) is 1. The molecule has 0 spiro atoms. The number of ether oxygens (including phenoxy) is 2. The van der Waals surface area contributed by atoms with E-state index in [2.05, 4.69) is 15.1 Å². The number of rotatable bonds is 12. The molecule has 0 bridgehead atoms. The number of pyridine rings is 1. The van der Waals surface area contributed by atoms with Gasteiger partial charge in [-0.15, -0.1) is 0 Å². The van der Waals surface area contributed by atoms with Crippen molar-refractivity contribution in [2.45, 2.75) is 25.7 Å². The summed E-state index contributed by atoms with van der Waals surface area (Å²) in [7, 11) is 0. The first-order valence-corrected chi connectivity index (χ1v) is 12.3. The number of aromatic nitrogens is 1. The second-order valence-corrected chi connectivity index (χ2v) is 8.64. The van der Waals surface area contributed by atoms with E-state index in [1.807, 2.05) is 36.4 Å². The van der Waals surface area contributed by atoms with Gasteiger partial charge in [-0.1, -0.05) is 30.3 Å². The molecule has 8 nitrogen and oxygen atoms in total. The van der Waals surface area contributed by atoms with Crippen molar-refractivity contribution in [2.24, 2.45) is 0 Å².